The Balaban J connectivity index is 1.91. The average molecular weight is 444 g/mol. The fourth-order valence-corrected chi connectivity index (χ4v) is 3.23. The zero-order valence-corrected chi connectivity index (χ0v) is 16.8. The maximum Gasteiger partial charge on any atom is 0.416 e. The lowest BCUT2D eigenvalue weighted by Crippen LogP contribution is -2.35. The monoisotopic (exact) mass is 444 g/mol. The van der Waals surface area contributed by atoms with Crippen LogP contribution in [0.2, 0.25) is 0 Å². The van der Waals surface area contributed by atoms with Crippen molar-refractivity contribution >= 4 is 27.6 Å². The van der Waals surface area contributed by atoms with Gasteiger partial charge in [-0.2, -0.15) is 17.9 Å². The number of rotatable bonds is 7. The number of benzene rings is 2. The van der Waals surface area contributed by atoms with Gasteiger partial charge in [-0.1, -0.05) is 23.8 Å². The molecule has 2 N–H and O–H groups in total. The van der Waals surface area contributed by atoms with Crippen LogP contribution in [0.3, 0.4) is 0 Å². The molecule has 0 fully saturated rings. The van der Waals surface area contributed by atoms with Crippen molar-refractivity contribution in [3.05, 3.63) is 59.7 Å². The van der Waals surface area contributed by atoms with Gasteiger partial charge in [0.1, 0.15) is 6.54 Å². The van der Waals surface area contributed by atoms with E-state index in [1.165, 1.54) is 25.1 Å². The fraction of sp³-hybridized carbons (Fsp3) is 0.263. The number of ether oxygens (including phenoxy) is 1. The van der Waals surface area contributed by atoms with Crippen LogP contribution in [0.5, 0.6) is 0 Å². The molecule has 0 unspecified atom stereocenters. The van der Waals surface area contributed by atoms with E-state index in [9.17, 15) is 31.2 Å². The minimum Gasteiger partial charge on any atom is -0.452 e. The lowest BCUT2D eigenvalue weighted by atomic mass is 10.2. The van der Waals surface area contributed by atoms with Gasteiger partial charge in [0.15, 0.2) is 6.10 Å². The molecule has 0 saturated carbocycles. The Bertz CT molecular complexity index is 1020. The smallest absolute Gasteiger partial charge is 0.416 e. The summed E-state index contributed by atoms with van der Waals surface area (Å²) >= 11 is 0. The zero-order chi connectivity index (χ0) is 22.5. The number of hydrogen-bond donors (Lipinski definition) is 2. The summed E-state index contributed by atoms with van der Waals surface area (Å²) in [6.07, 6.45) is -5.94. The van der Waals surface area contributed by atoms with Crippen LogP contribution in [0.4, 0.5) is 18.9 Å². The molecule has 0 radical (unpaired) electrons. The molecule has 7 nitrogen and oxygen atoms in total. The minimum atomic E-state index is -4.58. The molecule has 0 aliphatic heterocycles. The van der Waals surface area contributed by atoms with Gasteiger partial charge in [-0.15, -0.1) is 0 Å². The Morgan fingerprint density at radius 3 is 2.33 bits per heavy atom. The molecule has 0 aliphatic carbocycles. The normalized spacial score (nSPS) is 12.8. The lowest BCUT2D eigenvalue weighted by molar-refractivity contribution is -0.151. The molecule has 0 aliphatic rings. The Morgan fingerprint density at radius 1 is 1.10 bits per heavy atom. The molecule has 1 atom stereocenters. The third-order valence-corrected chi connectivity index (χ3v) is 5.29. The fourth-order valence-electron chi connectivity index (χ4n) is 2.26. The van der Waals surface area contributed by atoms with Crippen LogP contribution < -0.4 is 10.0 Å². The van der Waals surface area contributed by atoms with Gasteiger partial charge in [0, 0.05) is 5.69 Å². The van der Waals surface area contributed by atoms with Crippen molar-refractivity contribution in [2.45, 2.75) is 31.0 Å². The van der Waals surface area contributed by atoms with E-state index in [4.69, 9.17) is 4.74 Å². The molecule has 0 aromatic heterocycles. The Hall–Kier alpha value is -2.92. The van der Waals surface area contributed by atoms with Crippen molar-refractivity contribution in [1.29, 1.82) is 0 Å². The first kappa shape index (κ1) is 23.4. The van der Waals surface area contributed by atoms with E-state index in [1.54, 1.807) is 19.1 Å². The van der Waals surface area contributed by atoms with Gasteiger partial charge in [-0.05, 0) is 44.2 Å². The van der Waals surface area contributed by atoms with Gasteiger partial charge in [-0.25, -0.2) is 8.42 Å². The molecular weight excluding hydrogens is 425 g/mol. The van der Waals surface area contributed by atoms with Crippen molar-refractivity contribution in [2.75, 3.05) is 11.9 Å². The molecule has 2 rings (SSSR count). The number of nitrogens with one attached hydrogen (secondary N) is 2. The number of esters is 1. The summed E-state index contributed by atoms with van der Waals surface area (Å²) in [6.45, 7) is 2.26. The summed E-state index contributed by atoms with van der Waals surface area (Å²) in [5.74, 6) is -1.90. The first-order valence-corrected chi connectivity index (χ1v) is 10.1. The highest BCUT2D eigenvalue weighted by Crippen LogP contribution is 2.30. The van der Waals surface area contributed by atoms with Crippen LogP contribution in [0, 0.1) is 6.92 Å². The third kappa shape index (κ3) is 6.56. The van der Waals surface area contributed by atoms with E-state index in [0.29, 0.717) is 0 Å². The first-order valence-electron chi connectivity index (χ1n) is 8.62. The topological polar surface area (TPSA) is 102 Å². The third-order valence-electron chi connectivity index (χ3n) is 3.87. The quantitative estimate of drug-likeness (QED) is 0.640. The van der Waals surface area contributed by atoms with E-state index >= 15 is 0 Å². The molecule has 2 aromatic rings. The van der Waals surface area contributed by atoms with Crippen molar-refractivity contribution in [2.24, 2.45) is 0 Å². The van der Waals surface area contributed by atoms with Gasteiger partial charge >= 0.3 is 12.1 Å². The van der Waals surface area contributed by atoms with Gasteiger partial charge in [0.25, 0.3) is 5.91 Å². The molecule has 11 heteroatoms. The number of carbonyl (C=O) groups is 2. The van der Waals surface area contributed by atoms with Crippen LogP contribution in [0.15, 0.2) is 53.4 Å². The molecule has 0 bridgehead atoms. The Morgan fingerprint density at radius 2 is 1.73 bits per heavy atom. The molecule has 0 spiro atoms. The van der Waals surface area contributed by atoms with Gasteiger partial charge < -0.3 is 10.1 Å². The first-order chi connectivity index (χ1) is 13.9. The van der Waals surface area contributed by atoms with E-state index in [2.05, 4.69) is 10.0 Å². The zero-order valence-electron chi connectivity index (χ0n) is 16.0. The Labute approximate surface area is 171 Å². The minimum absolute atomic E-state index is 0.0452. The second-order valence-corrected chi connectivity index (χ2v) is 8.10. The number of aryl methyl sites for hydroxylation is 1. The number of amides is 1. The maximum absolute atomic E-state index is 12.7. The summed E-state index contributed by atoms with van der Waals surface area (Å²) in [5, 5.41) is 2.21. The highest BCUT2D eigenvalue weighted by atomic mass is 32.2. The van der Waals surface area contributed by atoms with E-state index in [1.807, 2.05) is 0 Å². The highest BCUT2D eigenvalue weighted by molar-refractivity contribution is 7.89. The number of alkyl halides is 3. The summed E-state index contributed by atoms with van der Waals surface area (Å²) in [5.41, 5.74) is -0.220. The SMILES string of the molecule is Cc1ccc(S(=O)(=O)NCC(=O)O[C@H](C)C(=O)Nc2cccc(C(F)(F)F)c2)cc1. The van der Waals surface area contributed by atoms with Crippen molar-refractivity contribution in [3.8, 4) is 0 Å². The molecule has 162 valence electrons. The lowest BCUT2D eigenvalue weighted by Gasteiger charge is -2.15. The number of anilines is 1. The molecular formula is C19H19F3N2O5S. The van der Waals surface area contributed by atoms with Crippen molar-refractivity contribution in [3.63, 3.8) is 0 Å². The summed E-state index contributed by atoms with van der Waals surface area (Å²) in [4.78, 5) is 23.9. The standard InChI is InChI=1S/C19H19F3N2O5S/c1-12-6-8-16(9-7-12)30(27,28)23-11-17(25)29-13(2)18(26)24-15-5-3-4-14(10-15)19(20,21)22/h3-10,13,23H,11H2,1-2H3,(H,24,26)/t13-/m1/s1. The van der Waals surface area contributed by atoms with Crippen LogP contribution in [0.25, 0.3) is 0 Å². The molecule has 1 amide bonds. The van der Waals surface area contributed by atoms with Crippen LogP contribution >= 0.6 is 0 Å². The van der Waals surface area contributed by atoms with E-state index < -0.39 is 46.3 Å². The Kier molecular flexibility index (Phi) is 7.21. The maximum atomic E-state index is 12.7. The molecule has 0 heterocycles. The summed E-state index contributed by atoms with van der Waals surface area (Å²) in [6, 6.07) is 9.87. The average Bonchev–Trinajstić information content (AvgIpc) is 2.66. The van der Waals surface area contributed by atoms with Crippen LogP contribution in [-0.2, 0) is 30.5 Å². The molecule has 2 aromatic carbocycles. The molecule has 0 saturated heterocycles. The number of halogens is 3. The van der Waals surface area contributed by atoms with Crippen molar-refractivity contribution < 1.29 is 35.9 Å². The van der Waals surface area contributed by atoms with E-state index in [0.717, 1.165) is 23.8 Å². The number of sulfonamides is 1. The second-order valence-electron chi connectivity index (χ2n) is 6.34. The van der Waals surface area contributed by atoms with Gasteiger partial charge in [-0.3, -0.25) is 9.59 Å². The van der Waals surface area contributed by atoms with Gasteiger partial charge in [0.05, 0.1) is 10.5 Å². The predicted octanol–water partition coefficient (Wildman–Crippen LogP) is 2.86. The van der Waals surface area contributed by atoms with E-state index in [-0.39, 0.29) is 10.6 Å². The van der Waals surface area contributed by atoms with Crippen LogP contribution in [0.1, 0.15) is 18.1 Å². The van der Waals surface area contributed by atoms with Crippen LogP contribution in [-0.4, -0.2) is 32.9 Å². The number of carbonyl (C=O) groups excluding carboxylic acids is 2. The molecule has 30 heavy (non-hydrogen) atoms. The highest BCUT2D eigenvalue weighted by Gasteiger charge is 2.30. The number of hydrogen-bond acceptors (Lipinski definition) is 5. The second kappa shape index (κ2) is 9.26. The van der Waals surface area contributed by atoms with Crippen molar-refractivity contribution in [1.82, 2.24) is 4.72 Å². The summed E-state index contributed by atoms with van der Waals surface area (Å²) < 4.78 is 69.3. The van der Waals surface area contributed by atoms with Gasteiger partial charge in [0.2, 0.25) is 10.0 Å². The summed E-state index contributed by atoms with van der Waals surface area (Å²) in [7, 11) is -3.95. The predicted molar refractivity (Wildman–Crippen MR) is 102 cm³/mol. The largest absolute Gasteiger partial charge is 0.452 e.